The molecule has 2 nitrogen and oxygen atoms in total. The summed E-state index contributed by atoms with van der Waals surface area (Å²) in [7, 11) is 0. The van der Waals surface area contributed by atoms with E-state index in [1.54, 1.807) is 0 Å². The Morgan fingerprint density at radius 1 is 0.425 bits per heavy atom. The molecule has 1 atom stereocenters. The van der Waals surface area contributed by atoms with Crippen LogP contribution in [0.3, 0.4) is 0 Å². The maximum Gasteiger partial charge on any atom is 0.0543 e. The third kappa shape index (κ3) is 8.75. The highest BCUT2D eigenvalue weighted by molar-refractivity contribution is 6.29. The lowest BCUT2D eigenvalue weighted by Crippen LogP contribution is -2.23. The third-order valence-corrected chi connectivity index (χ3v) is 16.3. The number of nitrogens with zero attached hydrogens (tertiary/aromatic N) is 2. The van der Waals surface area contributed by atoms with Gasteiger partial charge in [-0.3, -0.25) is 0 Å². The van der Waals surface area contributed by atoms with Crippen LogP contribution in [0.25, 0.3) is 43.4 Å². The molecule has 10 rings (SSSR count). The largest absolute Gasteiger partial charge is 0.310 e. The van der Waals surface area contributed by atoms with E-state index < -0.39 is 0 Å². The lowest BCUT2D eigenvalue weighted by molar-refractivity contribution is 0.406. The van der Waals surface area contributed by atoms with Crippen molar-refractivity contribution < 1.29 is 0 Å². The van der Waals surface area contributed by atoms with Crippen molar-refractivity contribution in [2.24, 2.45) is 5.41 Å². The second kappa shape index (κ2) is 19.2. The Morgan fingerprint density at radius 3 is 1.37 bits per heavy atom. The molecule has 0 aromatic heterocycles. The van der Waals surface area contributed by atoms with Gasteiger partial charge in [-0.1, -0.05) is 184 Å². The number of hydrogen-bond donors (Lipinski definition) is 0. The molecule has 2 heteroatoms. The molecular formula is C71H76N2. The zero-order valence-electron chi connectivity index (χ0n) is 46.3. The molecule has 0 saturated heterocycles. The predicted molar refractivity (Wildman–Crippen MR) is 320 cm³/mol. The molecule has 73 heavy (non-hydrogen) atoms. The Bertz CT molecular complexity index is 3610. The molecule has 1 unspecified atom stereocenters. The van der Waals surface area contributed by atoms with Gasteiger partial charge in [0.15, 0.2) is 0 Å². The van der Waals surface area contributed by atoms with Gasteiger partial charge < -0.3 is 9.80 Å². The van der Waals surface area contributed by atoms with E-state index in [0.717, 1.165) is 0 Å². The minimum Gasteiger partial charge on any atom is -0.310 e. The van der Waals surface area contributed by atoms with Crippen LogP contribution in [0.2, 0.25) is 0 Å². The van der Waals surface area contributed by atoms with E-state index in [-0.39, 0.29) is 23.2 Å². The van der Waals surface area contributed by atoms with E-state index >= 15 is 0 Å². The SMILES string of the molecule is CC1=CC=CC(C)(C)C1c1ccc(C)c(N(c2cccc(C(C)C)c2)c2cc(C(C)C)c3ccc4c(N(c5cccc(C(C)C)c5)c5cc(-c6c(C)cccc6C)ccc5C)cc(C(C)C)c5ccc2c3c54)c1. The second-order valence-corrected chi connectivity index (χ2v) is 23.4. The fourth-order valence-corrected chi connectivity index (χ4v) is 12.4. The van der Waals surface area contributed by atoms with E-state index in [1.165, 1.54) is 133 Å². The molecule has 0 amide bonds. The monoisotopic (exact) mass is 957 g/mol. The maximum atomic E-state index is 2.61. The average Bonchev–Trinajstić information content (AvgIpc) is 3.35. The number of anilines is 6. The van der Waals surface area contributed by atoms with Gasteiger partial charge in [0.2, 0.25) is 0 Å². The molecule has 0 spiro atoms. The normalized spacial score (nSPS) is 14.7. The zero-order valence-corrected chi connectivity index (χ0v) is 46.3. The zero-order chi connectivity index (χ0) is 51.8. The molecule has 0 aliphatic heterocycles. The summed E-state index contributed by atoms with van der Waals surface area (Å²) in [6, 6.07) is 54.5. The van der Waals surface area contributed by atoms with Crippen LogP contribution in [0.5, 0.6) is 0 Å². The Kier molecular flexibility index (Phi) is 13.0. The standard InChI is InChI=1S/C71H76N2/c1-42(2)51-23-17-25-55(36-51)72(63-38-53(29-27-46(63)9)67-48(11)20-16-21-49(67)12)65-40-61(44(5)6)57-32-34-60-66(41-62(45(7)8)58-31-33-59(65)68(57)69(58)60)73(56-26-18-24-52(37-56)43(3)4)64-39-54(30-28-47(64)10)70-50(13)22-19-35-71(70,14)15/h16-45,70H,1-15H3. The summed E-state index contributed by atoms with van der Waals surface area (Å²) in [6.45, 7) is 34.9. The molecule has 9 aromatic rings. The molecule has 1 aliphatic rings. The molecular weight excluding hydrogens is 881 g/mol. The highest BCUT2D eigenvalue weighted by Crippen LogP contribution is 2.53. The van der Waals surface area contributed by atoms with E-state index in [4.69, 9.17) is 0 Å². The van der Waals surface area contributed by atoms with Crippen molar-refractivity contribution in [2.45, 2.75) is 133 Å². The van der Waals surface area contributed by atoms with Crippen molar-refractivity contribution >= 4 is 66.4 Å². The maximum absolute atomic E-state index is 2.61. The molecule has 9 aromatic carbocycles. The van der Waals surface area contributed by atoms with Crippen molar-refractivity contribution in [3.8, 4) is 11.1 Å². The molecule has 0 radical (unpaired) electrons. The highest BCUT2D eigenvalue weighted by Gasteiger charge is 2.33. The van der Waals surface area contributed by atoms with Crippen LogP contribution < -0.4 is 9.80 Å². The quantitative estimate of drug-likeness (QED) is 0.113. The Morgan fingerprint density at radius 2 is 0.890 bits per heavy atom. The first kappa shape index (κ1) is 49.7. The van der Waals surface area contributed by atoms with Gasteiger partial charge in [-0.25, -0.2) is 0 Å². The first-order valence-electron chi connectivity index (χ1n) is 27.1. The van der Waals surface area contributed by atoms with Crippen LogP contribution in [0, 0.1) is 33.1 Å². The number of rotatable bonds is 12. The summed E-state index contributed by atoms with van der Waals surface area (Å²) >= 11 is 0. The topological polar surface area (TPSA) is 6.48 Å². The highest BCUT2D eigenvalue weighted by atomic mass is 15.2. The summed E-state index contributed by atoms with van der Waals surface area (Å²) in [5.41, 5.74) is 22.9. The molecule has 0 fully saturated rings. The number of benzene rings is 9. The molecule has 0 saturated carbocycles. The van der Waals surface area contributed by atoms with Crippen LogP contribution in [-0.2, 0) is 0 Å². The first-order chi connectivity index (χ1) is 34.8. The van der Waals surface area contributed by atoms with Crippen molar-refractivity contribution in [3.63, 3.8) is 0 Å². The van der Waals surface area contributed by atoms with E-state index in [2.05, 4.69) is 271 Å². The predicted octanol–water partition coefficient (Wildman–Crippen LogP) is 21.5. The van der Waals surface area contributed by atoms with Crippen molar-refractivity contribution in [2.75, 3.05) is 9.80 Å². The van der Waals surface area contributed by atoms with Gasteiger partial charge in [-0.2, -0.15) is 0 Å². The van der Waals surface area contributed by atoms with Crippen LogP contribution in [0.4, 0.5) is 34.1 Å². The van der Waals surface area contributed by atoms with Gasteiger partial charge in [-0.05, 0) is 195 Å². The van der Waals surface area contributed by atoms with Crippen molar-refractivity contribution in [1.29, 1.82) is 0 Å². The summed E-state index contributed by atoms with van der Waals surface area (Å²) in [4.78, 5) is 5.21. The summed E-state index contributed by atoms with van der Waals surface area (Å²) in [5.74, 6) is 1.57. The van der Waals surface area contributed by atoms with Gasteiger partial charge in [-0.15, -0.1) is 0 Å². The number of allylic oxidation sites excluding steroid dienone is 4. The molecule has 0 N–H and O–H groups in total. The second-order valence-electron chi connectivity index (χ2n) is 23.4. The Labute approximate surface area is 437 Å². The van der Waals surface area contributed by atoms with E-state index in [0.29, 0.717) is 11.8 Å². The van der Waals surface area contributed by atoms with Crippen molar-refractivity contribution in [1.82, 2.24) is 0 Å². The van der Waals surface area contributed by atoms with Crippen LogP contribution in [-0.4, -0.2) is 0 Å². The molecule has 0 heterocycles. The minimum absolute atomic E-state index is 0.0271. The number of hydrogen-bond acceptors (Lipinski definition) is 2. The smallest absolute Gasteiger partial charge is 0.0543 e. The first-order valence-corrected chi connectivity index (χ1v) is 27.1. The summed E-state index contributed by atoms with van der Waals surface area (Å²) in [6.07, 6.45) is 6.93. The fraction of sp³-hybridized carbons (Fsp3) is 0.296. The Balaban J connectivity index is 1.32. The summed E-state index contributed by atoms with van der Waals surface area (Å²) in [5, 5.41) is 7.87. The third-order valence-electron chi connectivity index (χ3n) is 16.3. The van der Waals surface area contributed by atoms with Gasteiger partial charge in [0, 0.05) is 39.4 Å². The van der Waals surface area contributed by atoms with Crippen LogP contribution >= 0.6 is 0 Å². The fourth-order valence-electron chi connectivity index (χ4n) is 12.4. The van der Waals surface area contributed by atoms with Crippen LogP contribution in [0.15, 0.2) is 163 Å². The number of aryl methyl sites for hydroxylation is 4. The van der Waals surface area contributed by atoms with Gasteiger partial charge in [0.1, 0.15) is 0 Å². The average molecular weight is 957 g/mol. The minimum atomic E-state index is -0.0271. The van der Waals surface area contributed by atoms with Gasteiger partial charge in [0.05, 0.1) is 11.4 Å². The lowest BCUT2D eigenvalue weighted by Gasteiger charge is -2.37. The van der Waals surface area contributed by atoms with Crippen molar-refractivity contribution in [3.05, 3.63) is 213 Å². The molecule has 370 valence electrons. The van der Waals surface area contributed by atoms with E-state index in [9.17, 15) is 0 Å². The van der Waals surface area contributed by atoms with E-state index in [1.807, 2.05) is 0 Å². The molecule has 1 aliphatic carbocycles. The lowest BCUT2D eigenvalue weighted by atomic mass is 9.69. The summed E-state index contributed by atoms with van der Waals surface area (Å²) < 4.78 is 0. The van der Waals surface area contributed by atoms with Gasteiger partial charge >= 0.3 is 0 Å². The Hall–Kier alpha value is -6.90. The van der Waals surface area contributed by atoms with Gasteiger partial charge in [0.25, 0.3) is 0 Å². The molecule has 0 bridgehead atoms. The van der Waals surface area contributed by atoms with Crippen LogP contribution in [0.1, 0.15) is 156 Å².